The Morgan fingerprint density at radius 2 is 2.09 bits per heavy atom. The summed E-state index contributed by atoms with van der Waals surface area (Å²) >= 11 is 1.45. The number of aryl methyl sites for hydroxylation is 1. The molecule has 0 radical (unpaired) electrons. The number of likely N-dealkylation sites (N-methyl/N-ethyl adjacent to an activating group) is 1. The van der Waals surface area contributed by atoms with Gasteiger partial charge in [0, 0.05) is 18.7 Å². The number of nitrogens with one attached hydrogen (secondary N) is 1. The van der Waals surface area contributed by atoms with E-state index in [0.29, 0.717) is 13.2 Å². The molecule has 0 aliphatic carbocycles. The van der Waals surface area contributed by atoms with E-state index < -0.39 is 0 Å². The molecular weight excluding hydrogens is 308 g/mol. The number of benzene rings is 1. The van der Waals surface area contributed by atoms with E-state index in [1.165, 1.54) is 16.9 Å². The number of ether oxygens (including phenoxy) is 1. The molecule has 1 aromatic carbocycles. The highest BCUT2D eigenvalue weighted by molar-refractivity contribution is 7.12. The lowest BCUT2D eigenvalue weighted by atomic mass is 10.1. The maximum absolute atomic E-state index is 12.1. The number of carbonyl (C=O) groups excluding carboxylic acids is 1. The first kappa shape index (κ1) is 17.5. The van der Waals surface area contributed by atoms with E-state index in [2.05, 4.69) is 25.2 Å². The Morgan fingerprint density at radius 1 is 1.30 bits per heavy atom. The summed E-state index contributed by atoms with van der Waals surface area (Å²) in [6, 6.07) is 7.95. The van der Waals surface area contributed by atoms with E-state index in [-0.39, 0.29) is 5.91 Å². The molecule has 0 saturated heterocycles. The Morgan fingerprint density at radius 3 is 2.83 bits per heavy atom. The molecule has 2 rings (SSSR count). The predicted octanol–water partition coefficient (Wildman–Crippen LogP) is 3.24. The molecule has 0 bridgehead atoms. The van der Waals surface area contributed by atoms with Crippen LogP contribution in [0.3, 0.4) is 0 Å². The van der Waals surface area contributed by atoms with Gasteiger partial charge in [-0.1, -0.05) is 12.1 Å². The van der Waals surface area contributed by atoms with Gasteiger partial charge in [0.15, 0.2) is 0 Å². The molecule has 0 saturated carbocycles. The second kappa shape index (κ2) is 8.13. The van der Waals surface area contributed by atoms with E-state index in [1.54, 1.807) is 0 Å². The Labute approximate surface area is 142 Å². The molecule has 0 fully saturated rings. The normalized spacial score (nSPS) is 10.8. The Kier molecular flexibility index (Phi) is 6.19. The van der Waals surface area contributed by atoms with Gasteiger partial charge in [-0.2, -0.15) is 0 Å². The average molecular weight is 332 g/mol. The third-order valence-electron chi connectivity index (χ3n) is 3.67. The second-order valence-electron chi connectivity index (χ2n) is 5.87. The molecule has 0 aliphatic heterocycles. The van der Waals surface area contributed by atoms with Crippen molar-refractivity contribution in [3.63, 3.8) is 0 Å². The number of thiophene rings is 1. The van der Waals surface area contributed by atoms with Gasteiger partial charge >= 0.3 is 0 Å². The van der Waals surface area contributed by atoms with Crippen molar-refractivity contribution >= 4 is 17.2 Å². The van der Waals surface area contributed by atoms with E-state index in [4.69, 9.17) is 4.74 Å². The molecule has 0 unspecified atom stereocenters. The molecule has 23 heavy (non-hydrogen) atoms. The summed E-state index contributed by atoms with van der Waals surface area (Å²) in [7, 11) is 3.97. The van der Waals surface area contributed by atoms with E-state index >= 15 is 0 Å². The number of hydrogen-bond acceptors (Lipinski definition) is 4. The van der Waals surface area contributed by atoms with Gasteiger partial charge in [0.05, 0.1) is 4.88 Å². The Balaban J connectivity index is 1.89. The molecule has 1 heterocycles. The average Bonchev–Trinajstić information content (AvgIpc) is 2.97. The lowest BCUT2D eigenvalue weighted by Crippen LogP contribution is -2.30. The summed E-state index contributed by atoms with van der Waals surface area (Å²) in [5.41, 5.74) is 3.40. The van der Waals surface area contributed by atoms with E-state index in [9.17, 15) is 4.79 Å². The van der Waals surface area contributed by atoms with Crippen LogP contribution in [0.15, 0.2) is 29.6 Å². The largest absolute Gasteiger partial charge is 0.489 e. The van der Waals surface area contributed by atoms with Crippen molar-refractivity contribution < 1.29 is 9.53 Å². The fourth-order valence-corrected chi connectivity index (χ4v) is 2.91. The number of nitrogens with zero attached hydrogens (tertiary/aromatic N) is 1. The standard InChI is InChI=1S/C18H24N2O2S/c1-13-6-5-7-16(14(13)2)22-11-15-10-17(23-12-15)18(21)19-8-9-20(3)4/h5-7,10,12H,8-9,11H2,1-4H3,(H,19,21). The van der Waals surface area contributed by atoms with Crippen LogP contribution in [-0.4, -0.2) is 38.0 Å². The van der Waals surface area contributed by atoms with Crippen molar-refractivity contribution in [1.29, 1.82) is 0 Å². The molecule has 0 aliphatic rings. The van der Waals surface area contributed by atoms with Crippen LogP contribution in [-0.2, 0) is 6.61 Å². The molecule has 5 heteroatoms. The topological polar surface area (TPSA) is 41.6 Å². The van der Waals surface area contributed by atoms with Crippen molar-refractivity contribution in [2.24, 2.45) is 0 Å². The summed E-state index contributed by atoms with van der Waals surface area (Å²) in [6.45, 7) is 6.09. The molecule has 0 atom stereocenters. The van der Waals surface area contributed by atoms with Crippen LogP contribution in [0.25, 0.3) is 0 Å². The van der Waals surface area contributed by atoms with Crippen molar-refractivity contribution in [3.8, 4) is 5.75 Å². The number of hydrogen-bond donors (Lipinski definition) is 1. The first-order valence-corrected chi connectivity index (χ1v) is 8.54. The minimum absolute atomic E-state index is 0.0187. The second-order valence-corrected chi connectivity index (χ2v) is 6.78. The zero-order chi connectivity index (χ0) is 16.8. The van der Waals surface area contributed by atoms with Crippen LogP contribution in [0.5, 0.6) is 5.75 Å². The van der Waals surface area contributed by atoms with Crippen LogP contribution in [0.1, 0.15) is 26.4 Å². The van der Waals surface area contributed by atoms with Gasteiger partial charge in [0.1, 0.15) is 12.4 Å². The van der Waals surface area contributed by atoms with Gasteiger partial charge in [0.2, 0.25) is 0 Å². The van der Waals surface area contributed by atoms with Crippen LogP contribution in [0, 0.1) is 13.8 Å². The zero-order valence-electron chi connectivity index (χ0n) is 14.2. The molecule has 0 spiro atoms. The van der Waals surface area contributed by atoms with Crippen molar-refractivity contribution in [2.75, 3.05) is 27.2 Å². The molecule has 1 N–H and O–H groups in total. The quantitative estimate of drug-likeness (QED) is 0.846. The Bertz CT molecular complexity index is 665. The summed E-state index contributed by atoms with van der Waals surface area (Å²) < 4.78 is 5.88. The summed E-state index contributed by atoms with van der Waals surface area (Å²) in [5.74, 6) is 0.878. The molecule has 1 amide bonds. The smallest absolute Gasteiger partial charge is 0.261 e. The first-order valence-electron chi connectivity index (χ1n) is 7.66. The molecule has 124 valence electrons. The Hall–Kier alpha value is -1.85. The first-order chi connectivity index (χ1) is 11.0. The number of amides is 1. The fourth-order valence-electron chi connectivity index (χ4n) is 2.09. The van der Waals surface area contributed by atoms with Gasteiger partial charge in [-0.05, 0) is 56.6 Å². The highest BCUT2D eigenvalue weighted by atomic mass is 32.1. The maximum atomic E-state index is 12.1. The van der Waals surface area contributed by atoms with Crippen LogP contribution in [0.4, 0.5) is 0 Å². The third-order valence-corrected chi connectivity index (χ3v) is 4.65. The molecular formula is C18H24N2O2S. The minimum atomic E-state index is -0.0187. The molecule has 2 aromatic rings. The monoisotopic (exact) mass is 332 g/mol. The van der Waals surface area contributed by atoms with Gasteiger partial charge in [0.25, 0.3) is 5.91 Å². The van der Waals surface area contributed by atoms with Gasteiger partial charge in [-0.25, -0.2) is 0 Å². The van der Waals surface area contributed by atoms with Gasteiger partial charge in [-0.15, -0.1) is 11.3 Å². The maximum Gasteiger partial charge on any atom is 0.261 e. The predicted molar refractivity (Wildman–Crippen MR) is 95.5 cm³/mol. The molecule has 1 aromatic heterocycles. The lowest BCUT2D eigenvalue weighted by molar-refractivity contribution is 0.0955. The highest BCUT2D eigenvalue weighted by Crippen LogP contribution is 2.23. The lowest BCUT2D eigenvalue weighted by Gasteiger charge is -2.10. The summed E-state index contributed by atoms with van der Waals surface area (Å²) in [6.07, 6.45) is 0. The molecule has 4 nitrogen and oxygen atoms in total. The van der Waals surface area contributed by atoms with E-state index in [0.717, 1.165) is 28.3 Å². The van der Waals surface area contributed by atoms with E-state index in [1.807, 2.05) is 42.6 Å². The van der Waals surface area contributed by atoms with Crippen LogP contribution in [0.2, 0.25) is 0 Å². The SMILES string of the molecule is Cc1cccc(OCc2csc(C(=O)NCCN(C)C)c2)c1C. The minimum Gasteiger partial charge on any atom is -0.489 e. The van der Waals surface area contributed by atoms with Gasteiger partial charge in [-0.3, -0.25) is 4.79 Å². The number of rotatable bonds is 7. The fraction of sp³-hybridized carbons (Fsp3) is 0.389. The zero-order valence-corrected chi connectivity index (χ0v) is 15.0. The van der Waals surface area contributed by atoms with Crippen LogP contribution < -0.4 is 10.1 Å². The van der Waals surface area contributed by atoms with Crippen molar-refractivity contribution in [1.82, 2.24) is 10.2 Å². The van der Waals surface area contributed by atoms with Crippen molar-refractivity contribution in [2.45, 2.75) is 20.5 Å². The third kappa shape index (κ3) is 5.08. The number of carbonyl (C=O) groups is 1. The highest BCUT2D eigenvalue weighted by Gasteiger charge is 2.10. The summed E-state index contributed by atoms with van der Waals surface area (Å²) in [4.78, 5) is 14.8. The summed E-state index contributed by atoms with van der Waals surface area (Å²) in [5, 5.41) is 4.90. The van der Waals surface area contributed by atoms with Gasteiger partial charge < -0.3 is 15.0 Å². The van der Waals surface area contributed by atoms with Crippen molar-refractivity contribution in [3.05, 3.63) is 51.2 Å². The van der Waals surface area contributed by atoms with Crippen LogP contribution >= 0.6 is 11.3 Å².